The monoisotopic (exact) mass is 375 g/mol. The highest BCUT2D eigenvalue weighted by molar-refractivity contribution is 6.32. The van der Waals surface area contributed by atoms with Crippen molar-refractivity contribution in [1.82, 2.24) is 0 Å². The normalized spacial score (nSPS) is 15.0. The topological polar surface area (TPSA) is 57.1 Å². The predicted octanol–water partition coefficient (Wildman–Crippen LogP) is 4.38. The molecule has 0 radical (unpaired) electrons. The number of halogens is 2. The van der Waals surface area contributed by atoms with Gasteiger partial charge in [0.15, 0.2) is 11.5 Å². The average Bonchev–Trinajstić information content (AvgIpc) is 2.92. The van der Waals surface area contributed by atoms with E-state index in [-0.39, 0.29) is 12.4 Å². The highest BCUT2D eigenvalue weighted by Gasteiger charge is 2.22. The van der Waals surface area contributed by atoms with Gasteiger partial charge in [-0.15, -0.1) is 0 Å². The Morgan fingerprint density at radius 2 is 2.12 bits per heavy atom. The van der Waals surface area contributed by atoms with Crippen LogP contribution >= 0.6 is 11.6 Å². The summed E-state index contributed by atoms with van der Waals surface area (Å²) in [5.41, 5.74) is 2.12. The molecule has 0 spiro atoms. The standard InChI is InChI=1S/C19H15ClFNO4/c1-11-15(19(23)26-22-11)7-13-8-16(20)18(17(9-13)24-2)25-10-12-4-3-5-14(21)6-12/h3-9H,10H2,1-2H3/b15-7-. The molecular formula is C19H15ClFNO4. The van der Waals surface area contributed by atoms with Crippen molar-refractivity contribution in [1.29, 1.82) is 0 Å². The summed E-state index contributed by atoms with van der Waals surface area (Å²) >= 11 is 6.31. The minimum absolute atomic E-state index is 0.131. The number of methoxy groups -OCH3 is 1. The van der Waals surface area contributed by atoms with Crippen LogP contribution in [-0.4, -0.2) is 18.8 Å². The van der Waals surface area contributed by atoms with Crippen molar-refractivity contribution in [3.63, 3.8) is 0 Å². The van der Waals surface area contributed by atoms with Gasteiger partial charge in [-0.2, -0.15) is 0 Å². The molecule has 0 aliphatic carbocycles. The Kier molecular flexibility index (Phi) is 5.23. The lowest BCUT2D eigenvalue weighted by Gasteiger charge is -2.13. The maximum Gasteiger partial charge on any atom is 0.367 e. The quantitative estimate of drug-likeness (QED) is 0.574. The van der Waals surface area contributed by atoms with E-state index in [9.17, 15) is 9.18 Å². The molecule has 7 heteroatoms. The molecule has 0 saturated carbocycles. The molecule has 3 rings (SSSR count). The van der Waals surface area contributed by atoms with E-state index in [1.54, 1.807) is 37.3 Å². The van der Waals surface area contributed by atoms with E-state index < -0.39 is 5.97 Å². The van der Waals surface area contributed by atoms with Crippen LogP contribution in [0.4, 0.5) is 4.39 Å². The fourth-order valence-electron chi connectivity index (χ4n) is 2.43. The van der Waals surface area contributed by atoms with E-state index >= 15 is 0 Å². The Morgan fingerprint density at radius 1 is 1.31 bits per heavy atom. The first-order valence-corrected chi connectivity index (χ1v) is 8.08. The lowest BCUT2D eigenvalue weighted by molar-refractivity contribution is -0.136. The fourth-order valence-corrected chi connectivity index (χ4v) is 2.71. The van der Waals surface area contributed by atoms with Gasteiger partial charge in [-0.3, -0.25) is 0 Å². The molecule has 0 bridgehead atoms. The maximum atomic E-state index is 13.3. The van der Waals surface area contributed by atoms with Crippen molar-refractivity contribution < 1.29 is 23.5 Å². The number of carbonyl (C=O) groups excluding carboxylic acids is 1. The molecule has 0 atom stereocenters. The highest BCUT2D eigenvalue weighted by Crippen LogP contribution is 2.37. The van der Waals surface area contributed by atoms with E-state index in [1.165, 1.54) is 19.2 Å². The molecule has 0 aromatic heterocycles. The number of ether oxygens (including phenoxy) is 2. The first-order valence-electron chi connectivity index (χ1n) is 7.70. The Bertz CT molecular complexity index is 924. The maximum absolute atomic E-state index is 13.3. The second-order valence-corrected chi connectivity index (χ2v) is 5.97. The molecule has 0 unspecified atom stereocenters. The predicted molar refractivity (Wildman–Crippen MR) is 95.9 cm³/mol. The summed E-state index contributed by atoms with van der Waals surface area (Å²) in [5.74, 6) is -0.141. The number of carbonyl (C=O) groups is 1. The molecule has 2 aromatic carbocycles. The zero-order valence-corrected chi connectivity index (χ0v) is 14.8. The molecule has 134 valence electrons. The Labute approximate surface area is 154 Å². The fraction of sp³-hybridized carbons (Fsp3) is 0.158. The van der Waals surface area contributed by atoms with Gasteiger partial charge in [-0.05, 0) is 48.4 Å². The lowest BCUT2D eigenvalue weighted by atomic mass is 10.1. The van der Waals surface area contributed by atoms with Gasteiger partial charge in [0.25, 0.3) is 0 Å². The van der Waals surface area contributed by atoms with Gasteiger partial charge >= 0.3 is 5.97 Å². The first kappa shape index (κ1) is 17.9. The van der Waals surface area contributed by atoms with Crippen LogP contribution in [-0.2, 0) is 16.2 Å². The van der Waals surface area contributed by atoms with Crippen molar-refractivity contribution in [2.45, 2.75) is 13.5 Å². The third-order valence-electron chi connectivity index (χ3n) is 3.71. The molecule has 0 saturated heterocycles. The highest BCUT2D eigenvalue weighted by atomic mass is 35.5. The van der Waals surface area contributed by atoms with Crippen LogP contribution in [0.3, 0.4) is 0 Å². The number of nitrogens with zero attached hydrogens (tertiary/aromatic N) is 1. The Hall–Kier alpha value is -2.86. The van der Waals surface area contributed by atoms with E-state index in [0.29, 0.717) is 38.9 Å². The molecule has 0 N–H and O–H groups in total. The lowest BCUT2D eigenvalue weighted by Crippen LogP contribution is -2.02. The molecule has 0 fully saturated rings. The van der Waals surface area contributed by atoms with Crippen LogP contribution < -0.4 is 9.47 Å². The van der Waals surface area contributed by atoms with Gasteiger partial charge in [0.2, 0.25) is 0 Å². The van der Waals surface area contributed by atoms with Gasteiger partial charge < -0.3 is 14.3 Å². The van der Waals surface area contributed by atoms with E-state index in [0.717, 1.165) is 0 Å². The molecule has 0 amide bonds. The van der Waals surface area contributed by atoms with Crippen molar-refractivity contribution >= 4 is 29.4 Å². The summed E-state index contributed by atoms with van der Waals surface area (Å²) in [4.78, 5) is 16.3. The molecule has 1 aliphatic heterocycles. The molecule has 26 heavy (non-hydrogen) atoms. The largest absolute Gasteiger partial charge is 0.493 e. The van der Waals surface area contributed by atoms with Crippen LogP contribution in [0.1, 0.15) is 18.1 Å². The number of hydrogen-bond acceptors (Lipinski definition) is 5. The molecule has 1 heterocycles. The SMILES string of the molecule is COc1cc(/C=C2\C(=O)ON=C2C)cc(Cl)c1OCc1cccc(F)c1. The van der Waals surface area contributed by atoms with Gasteiger partial charge in [-0.1, -0.05) is 28.9 Å². The first-order chi connectivity index (χ1) is 12.5. The van der Waals surface area contributed by atoms with Crippen LogP contribution in [0, 0.1) is 5.82 Å². The molecule has 2 aromatic rings. The third-order valence-corrected chi connectivity index (χ3v) is 3.99. The van der Waals surface area contributed by atoms with E-state index in [1.807, 2.05) is 0 Å². The number of hydrogen-bond donors (Lipinski definition) is 0. The molecule has 5 nitrogen and oxygen atoms in total. The molecular weight excluding hydrogens is 361 g/mol. The van der Waals surface area contributed by atoms with Crippen molar-refractivity contribution in [2.75, 3.05) is 7.11 Å². The van der Waals surface area contributed by atoms with Crippen LogP contribution in [0.25, 0.3) is 6.08 Å². The zero-order chi connectivity index (χ0) is 18.7. The minimum atomic E-state index is -0.524. The van der Waals surface area contributed by atoms with E-state index in [2.05, 4.69) is 9.99 Å². The third kappa shape index (κ3) is 3.86. The Balaban J connectivity index is 1.87. The number of oxime groups is 1. The summed E-state index contributed by atoms with van der Waals surface area (Å²) in [6, 6.07) is 9.41. The average molecular weight is 376 g/mol. The van der Waals surface area contributed by atoms with Gasteiger partial charge in [0.1, 0.15) is 12.4 Å². The zero-order valence-electron chi connectivity index (χ0n) is 14.1. The summed E-state index contributed by atoms with van der Waals surface area (Å²) < 4.78 is 24.3. The van der Waals surface area contributed by atoms with Gasteiger partial charge in [0, 0.05) is 0 Å². The van der Waals surface area contributed by atoms with Gasteiger partial charge in [-0.25, -0.2) is 9.18 Å². The minimum Gasteiger partial charge on any atom is -0.493 e. The number of benzene rings is 2. The Morgan fingerprint density at radius 3 is 2.77 bits per heavy atom. The summed E-state index contributed by atoms with van der Waals surface area (Å²) in [5, 5.41) is 3.93. The smallest absolute Gasteiger partial charge is 0.367 e. The molecule has 1 aliphatic rings. The summed E-state index contributed by atoms with van der Waals surface area (Å²) in [6.45, 7) is 1.80. The van der Waals surface area contributed by atoms with Crippen molar-refractivity contribution in [3.05, 3.63) is 63.9 Å². The summed E-state index contributed by atoms with van der Waals surface area (Å²) in [7, 11) is 1.48. The van der Waals surface area contributed by atoms with Crippen LogP contribution in [0.15, 0.2) is 47.1 Å². The van der Waals surface area contributed by atoms with E-state index in [4.69, 9.17) is 21.1 Å². The van der Waals surface area contributed by atoms with Crippen molar-refractivity contribution in [2.24, 2.45) is 5.16 Å². The summed E-state index contributed by atoms with van der Waals surface area (Å²) in [6.07, 6.45) is 1.61. The van der Waals surface area contributed by atoms with Crippen LogP contribution in [0.5, 0.6) is 11.5 Å². The number of rotatable bonds is 5. The second kappa shape index (κ2) is 7.58. The second-order valence-electron chi connectivity index (χ2n) is 5.57. The van der Waals surface area contributed by atoms with Crippen LogP contribution in [0.2, 0.25) is 5.02 Å². The van der Waals surface area contributed by atoms with Gasteiger partial charge in [0.05, 0.1) is 23.4 Å². The van der Waals surface area contributed by atoms with Crippen molar-refractivity contribution in [3.8, 4) is 11.5 Å².